The lowest BCUT2D eigenvalue weighted by Gasteiger charge is -2.34. The van der Waals surface area contributed by atoms with E-state index in [2.05, 4.69) is 17.2 Å². The van der Waals surface area contributed by atoms with Gasteiger partial charge in [0.25, 0.3) is 0 Å². The Morgan fingerprint density at radius 3 is 2.67 bits per heavy atom. The van der Waals surface area contributed by atoms with Crippen molar-refractivity contribution in [3.63, 3.8) is 0 Å². The number of amides is 1. The SMILES string of the molecule is C=CCOc1ccccc1CNC(=O)C1(S(C)(=O)=O)CCNCC1. The van der Waals surface area contributed by atoms with Crippen LogP contribution in [0.2, 0.25) is 0 Å². The number of carbonyl (C=O) groups is 1. The summed E-state index contributed by atoms with van der Waals surface area (Å²) >= 11 is 0. The van der Waals surface area contributed by atoms with Gasteiger partial charge >= 0.3 is 0 Å². The summed E-state index contributed by atoms with van der Waals surface area (Å²) in [5.41, 5.74) is 0.797. The lowest BCUT2D eigenvalue weighted by atomic mass is 9.95. The zero-order chi connectivity index (χ0) is 17.6. The minimum atomic E-state index is -3.51. The van der Waals surface area contributed by atoms with E-state index in [9.17, 15) is 13.2 Å². The molecule has 1 aromatic carbocycles. The maximum Gasteiger partial charge on any atom is 0.241 e. The summed E-state index contributed by atoms with van der Waals surface area (Å²) < 4.78 is 28.7. The minimum absolute atomic E-state index is 0.219. The maximum absolute atomic E-state index is 12.7. The van der Waals surface area contributed by atoms with E-state index in [1.165, 1.54) is 0 Å². The second-order valence-corrected chi connectivity index (χ2v) is 8.23. The van der Waals surface area contributed by atoms with Gasteiger partial charge in [0.15, 0.2) is 14.6 Å². The number of ether oxygens (including phenoxy) is 1. The molecule has 0 saturated carbocycles. The van der Waals surface area contributed by atoms with Gasteiger partial charge in [-0.1, -0.05) is 30.9 Å². The van der Waals surface area contributed by atoms with Crippen molar-refractivity contribution in [2.24, 2.45) is 0 Å². The van der Waals surface area contributed by atoms with E-state index in [1.807, 2.05) is 24.3 Å². The number of carbonyl (C=O) groups excluding carboxylic acids is 1. The predicted octanol–water partition coefficient (Wildman–Crippen LogP) is 1.03. The highest BCUT2D eigenvalue weighted by Gasteiger charge is 2.48. The van der Waals surface area contributed by atoms with Crippen LogP contribution < -0.4 is 15.4 Å². The molecule has 1 amide bonds. The highest BCUT2D eigenvalue weighted by atomic mass is 32.2. The second kappa shape index (κ2) is 7.81. The van der Waals surface area contributed by atoms with Gasteiger partial charge in [0.05, 0.1) is 0 Å². The first-order valence-corrected chi connectivity index (χ1v) is 9.80. The number of piperidine rings is 1. The van der Waals surface area contributed by atoms with Crippen molar-refractivity contribution in [3.8, 4) is 5.75 Å². The first-order valence-electron chi connectivity index (χ1n) is 7.91. The summed E-state index contributed by atoms with van der Waals surface area (Å²) in [5.74, 6) is 0.210. The van der Waals surface area contributed by atoms with Gasteiger partial charge in [-0.25, -0.2) is 8.42 Å². The Hall–Kier alpha value is -1.86. The molecular weight excluding hydrogens is 328 g/mol. The third-order valence-electron chi connectivity index (χ3n) is 4.30. The summed E-state index contributed by atoms with van der Waals surface area (Å²) in [5, 5.41) is 5.88. The molecule has 132 valence electrons. The monoisotopic (exact) mass is 352 g/mol. The average molecular weight is 352 g/mol. The first-order chi connectivity index (χ1) is 11.4. The number of nitrogens with one attached hydrogen (secondary N) is 2. The average Bonchev–Trinajstić information content (AvgIpc) is 2.58. The summed E-state index contributed by atoms with van der Waals surface area (Å²) in [4.78, 5) is 12.7. The lowest BCUT2D eigenvalue weighted by molar-refractivity contribution is -0.124. The molecule has 1 heterocycles. The maximum atomic E-state index is 12.7. The Morgan fingerprint density at radius 2 is 2.04 bits per heavy atom. The van der Waals surface area contributed by atoms with Crippen molar-refractivity contribution < 1.29 is 17.9 Å². The zero-order valence-electron chi connectivity index (χ0n) is 13.9. The van der Waals surface area contributed by atoms with Crippen LogP contribution >= 0.6 is 0 Å². The van der Waals surface area contributed by atoms with E-state index in [0.29, 0.717) is 25.4 Å². The van der Waals surface area contributed by atoms with Crippen molar-refractivity contribution in [2.75, 3.05) is 26.0 Å². The van der Waals surface area contributed by atoms with Crippen LogP contribution in [-0.2, 0) is 21.2 Å². The van der Waals surface area contributed by atoms with E-state index in [4.69, 9.17) is 4.74 Å². The molecule has 0 unspecified atom stereocenters. The molecule has 0 atom stereocenters. The number of sulfone groups is 1. The van der Waals surface area contributed by atoms with Gasteiger partial charge in [-0.2, -0.15) is 0 Å². The Morgan fingerprint density at radius 1 is 1.38 bits per heavy atom. The fourth-order valence-electron chi connectivity index (χ4n) is 2.87. The van der Waals surface area contributed by atoms with Crippen molar-refractivity contribution >= 4 is 15.7 Å². The molecule has 0 aromatic heterocycles. The standard InChI is InChI=1S/C17H24N2O4S/c1-3-12-23-15-7-5-4-6-14(15)13-19-16(20)17(24(2,21)22)8-10-18-11-9-17/h3-7,18H,1,8-13H2,2H3,(H,19,20). The van der Waals surface area contributed by atoms with E-state index < -0.39 is 20.5 Å². The number of benzene rings is 1. The highest BCUT2D eigenvalue weighted by Crippen LogP contribution is 2.28. The van der Waals surface area contributed by atoms with Crippen LogP contribution in [0.3, 0.4) is 0 Å². The van der Waals surface area contributed by atoms with Gasteiger partial charge in [0.2, 0.25) is 5.91 Å². The Balaban J connectivity index is 2.13. The Kier molecular flexibility index (Phi) is 6.01. The fraction of sp³-hybridized carbons (Fsp3) is 0.471. The Bertz CT molecular complexity index is 694. The normalized spacial score (nSPS) is 17.0. The molecule has 2 N–H and O–H groups in total. The van der Waals surface area contributed by atoms with Gasteiger partial charge < -0.3 is 15.4 Å². The van der Waals surface area contributed by atoms with Crippen LogP contribution in [0.5, 0.6) is 5.75 Å². The summed E-state index contributed by atoms with van der Waals surface area (Å²) in [6.07, 6.45) is 3.35. The molecule has 0 spiro atoms. The van der Waals surface area contributed by atoms with Crippen molar-refractivity contribution in [1.29, 1.82) is 0 Å². The van der Waals surface area contributed by atoms with Crippen molar-refractivity contribution in [1.82, 2.24) is 10.6 Å². The van der Waals surface area contributed by atoms with E-state index in [0.717, 1.165) is 11.8 Å². The quantitative estimate of drug-likeness (QED) is 0.716. The van der Waals surface area contributed by atoms with Crippen LogP contribution in [0.15, 0.2) is 36.9 Å². The van der Waals surface area contributed by atoms with E-state index in [1.54, 1.807) is 6.08 Å². The fourth-order valence-corrected chi connectivity index (χ4v) is 4.23. The van der Waals surface area contributed by atoms with E-state index >= 15 is 0 Å². The third-order valence-corrected chi connectivity index (χ3v) is 6.32. The summed E-state index contributed by atoms with van der Waals surface area (Å²) in [6.45, 7) is 5.22. The Labute approximate surface area is 143 Å². The van der Waals surface area contributed by atoms with Gasteiger partial charge in [0.1, 0.15) is 12.4 Å². The number of para-hydroxylation sites is 1. The molecule has 7 heteroatoms. The highest BCUT2D eigenvalue weighted by molar-refractivity contribution is 7.92. The molecule has 24 heavy (non-hydrogen) atoms. The molecule has 0 bridgehead atoms. The molecule has 0 aliphatic carbocycles. The number of hydrogen-bond donors (Lipinski definition) is 2. The smallest absolute Gasteiger partial charge is 0.241 e. The van der Waals surface area contributed by atoms with Gasteiger partial charge in [-0.05, 0) is 32.0 Å². The van der Waals surface area contributed by atoms with Crippen molar-refractivity contribution in [2.45, 2.75) is 24.1 Å². The van der Waals surface area contributed by atoms with Gasteiger partial charge in [-0.15, -0.1) is 0 Å². The minimum Gasteiger partial charge on any atom is -0.489 e. The van der Waals surface area contributed by atoms with E-state index in [-0.39, 0.29) is 19.4 Å². The summed E-state index contributed by atoms with van der Waals surface area (Å²) in [6, 6.07) is 7.34. The van der Waals surface area contributed by atoms with Crippen LogP contribution in [0.4, 0.5) is 0 Å². The molecule has 1 fully saturated rings. The zero-order valence-corrected chi connectivity index (χ0v) is 14.7. The van der Waals surface area contributed by atoms with Crippen LogP contribution in [-0.4, -0.2) is 45.0 Å². The summed E-state index contributed by atoms with van der Waals surface area (Å²) in [7, 11) is -3.51. The molecule has 6 nitrogen and oxygen atoms in total. The van der Waals surface area contributed by atoms with Gasteiger partial charge in [0, 0.05) is 18.4 Å². The molecule has 0 radical (unpaired) electrons. The molecule has 1 saturated heterocycles. The molecule has 1 aliphatic heterocycles. The van der Waals surface area contributed by atoms with Gasteiger partial charge in [-0.3, -0.25) is 4.79 Å². The second-order valence-electron chi connectivity index (χ2n) is 5.91. The number of hydrogen-bond acceptors (Lipinski definition) is 5. The van der Waals surface area contributed by atoms with Crippen LogP contribution in [0.25, 0.3) is 0 Å². The predicted molar refractivity (Wildman–Crippen MR) is 93.7 cm³/mol. The largest absolute Gasteiger partial charge is 0.489 e. The lowest BCUT2D eigenvalue weighted by Crippen LogP contribution is -2.57. The molecule has 1 aliphatic rings. The van der Waals surface area contributed by atoms with Crippen molar-refractivity contribution in [3.05, 3.63) is 42.5 Å². The van der Waals surface area contributed by atoms with Crippen LogP contribution in [0, 0.1) is 0 Å². The molecular formula is C17H24N2O4S. The van der Waals surface area contributed by atoms with Crippen LogP contribution in [0.1, 0.15) is 18.4 Å². The molecule has 2 rings (SSSR count). The first kappa shape index (κ1) is 18.5. The third kappa shape index (κ3) is 3.96. The molecule has 1 aromatic rings. The topological polar surface area (TPSA) is 84.5 Å². The number of rotatable bonds is 7.